The molecular weight excluding hydrogens is 486 g/mol. The highest BCUT2D eigenvalue weighted by Gasteiger charge is 2.59. The van der Waals surface area contributed by atoms with E-state index in [4.69, 9.17) is 4.74 Å². The molecule has 2 aromatic carbocycles. The van der Waals surface area contributed by atoms with Gasteiger partial charge in [0.1, 0.15) is 0 Å². The van der Waals surface area contributed by atoms with Crippen molar-refractivity contribution in [3.63, 3.8) is 0 Å². The predicted octanol–water partition coefficient (Wildman–Crippen LogP) is 2.90. The van der Waals surface area contributed by atoms with Crippen LogP contribution in [0.1, 0.15) is 37.8 Å². The second-order valence-electron chi connectivity index (χ2n) is 10.4. The number of phenols is 1. The first-order chi connectivity index (χ1) is 18.2. The van der Waals surface area contributed by atoms with Gasteiger partial charge < -0.3 is 9.84 Å². The lowest BCUT2D eigenvalue weighted by atomic mass is 9.51. The summed E-state index contributed by atoms with van der Waals surface area (Å²) in [4.78, 5) is 54.4. The normalized spacial score (nSPS) is 26.1. The Balaban J connectivity index is 1.59. The van der Waals surface area contributed by atoms with E-state index >= 15 is 0 Å². The number of rotatable bonds is 3. The molecule has 1 aliphatic heterocycles. The molecule has 0 amide bonds. The van der Waals surface area contributed by atoms with E-state index in [0.717, 1.165) is 10.1 Å². The molecule has 2 heterocycles. The number of hydrogen-bond donors (Lipinski definition) is 1. The van der Waals surface area contributed by atoms with Crippen LogP contribution in [-0.2, 0) is 16.1 Å². The summed E-state index contributed by atoms with van der Waals surface area (Å²) in [6.07, 6.45) is 3.48. The second kappa shape index (κ2) is 8.31. The molecule has 1 saturated carbocycles. The number of nitrogens with zero attached hydrogens (tertiary/aromatic N) is 3. The number of allylic oxidation sites excluding steroid dienone is 4. The van der Waals surface area contributed by atoms with Gasteiger partial charge in [-0.05, 0) is 60.4 Å². The SMILES string of the molecule is COc1ccc([C@H]2C3=CCn4c(=O)n(-c5ccccc5)c(=O)n4[C@@H]3C[C@H]3C(=O)C=C(C)C(=O)[C@@]23C)cc1O. The lowest BCUT2D eigenvalue weighted by molar-refractivity contribution is -0.139. The highest BCUT2D eigenvalue weighted by Crippen LogP contribution is 2.60. The number of para-hydroxylation sites is 1. The van der Waals surface area contributed by atoms with Crippen molar-refractivity contribution in [1.29, 1.82) is 0 Å². The number of carbonyl (C=O) groups is 2. The van der Waals surface area contributed by atoms with E-state index in [2.05, 4.69) is 0 Å². The van der Waals surface area contributed by atoms with Crippen molar-refractivity contribution in [3.05, 3.63) is 98.4 Å². The average Bonchev–Trinajstić information content (AvgIpc) is 3.16. The van der Waals surface area contributed by atoms with Crippen molar-refractivity contribution in [3.8, 4) is 17.2 Å². The van der Waals surface area contributed by atoms with E-state index in [9.17, 15) is 24.3 Å². The van der Waals surface area contributed by atoms with Crippen LogP contribution in [0.4, 0.5) is 0 Å². The number of Topliss-reactive ketones (excluding diaryl/α,β-unsaturated/α-hetero) is 1. The summed E-state index contributed by atoms with van der Waals surface area (Å²) in [5, 5.41) is 10.6. The summed E-state index contributed by atoms with van der Waals surface area (Å²) >= 11 is 0. The summed E-state index contributed by atoms with van der Waals surface area (Å²) in [7, 11) is 1.45. The fourth-order valence-corrected chi connectivity index (χ4v) is 6.72. The maximum Gasteiger partial charge on any atom is 0.352 e. The monoisotopic (exact) mass is 513 g/mol. The zero-order chi connectivity index (χ0) is 26.9. The van der Waals surface area contributed by atoms with Crippen LogP contribution < -0.4 is 16.1 Å². The molecule has 38 heavy (non-hydrogen) atoms. The third-order valence-corrected chi connectivity index (χ3v) is 8.46. The Kier molecular flexibility index (Phi) is 5.24. The summed E-state index contributed by atoms with van der Waals surface area (Å²) in [6, 6.07) is 13.0. The molecule has 4 atom stereocenters. The Morgan fingerprint density at radius 1 is 1.03 bits per heavy atom. The molecule has 194 valence electrons. The van der Waals surface area contributed by atoms with Crippen LogP contribution in [0.3, 0.4) is 0 Å². The van der Waals surface area contributed by atoms with Crippen LogP contribution in [0.25, 0.3) is 5.69 Å². The summed E-state index contributed by atoms with van der Waals surface area (Å²) in [5.41, 5.74) is 0.149. The minimum atomic E-state index is -1.13. The number of hydrogen-bond acceptors (Lipinski definition) is 6. The molecule has 1 fully saturated rings. The summed E-state index contributed by atoms with van der Waals surface area (Å²) in [5.74, 6) is -1.45. The van der Waals surface area contributed by atoms with Gasteiger partial charge in [-0.25, -0.2) is 23.5 Å². The quantitative estimate of drug-likeness (QED) is 0.539. The van der Waals surface area contributed by atoms with Gasteiger partial charge in [0.2, 0.25) is 0 Å². The first-order valence-electron chi connectivity index (χ1n) is 12.5. The van der Waals surface area contributed by atoms with Gasteiger partial charge in [-0.15, -0.1) is 0 Å². The molecular formula is C29H27N3O6. The van der Waals surface area contributed by atoms with Gasteiger partial charge in [0.25, 0.3) is 0 Å². The van der Waals surface area contributed by atoms with E-state index in [0.29, 0.717) is 16.8 Å². The van der Waals surface area contributed by atoms with Gasteiger partial charge in [-0.3, -0.25) is 9.59 Å². The predicted molar refractivity (Wildman–Crippen MR) is 139 cm³/mol. The van der Waals surface area contributed by atoms with Crippen LogP contribution in [0.15, 0.2) is 81.4 Å². The zero-order valence-corrected chi connectivity index (χ0v) is 21.2. The van der Waals surface area contributed by atoms with Crippen molar-refractivity contribution in [2.45, 2.75) is 38.8 Å². The largest absolute Gasteiger partial charge is 0.504 e. The second-order valence-corrected chi connectivity index (χ2v) is 10.4. The fraction of sp³-hybridized carbons (Fsp3) is 0.310. The maximum atomic E-state index is 13.8. The lowest BCUT2D eigenvalue weighted by Gasteiger charge is -2.52. The van der Waals surface area contributed by atoms with Gasteiger partial charge in [0, 0.05) is 11.8 Å². The third-order valence-electron chi connectivity index (χ3n) is 8.46. The van der Waals surface area contributed by atoms with E-state index in [-0.39, 0.29) is 36.0 Å². The molecule has 3 aromatic rings. The van der Waals surface area contributed by atoms with Gasteiger partial charge in [0.15, 0.2) is 23.1 Å². The number of ketones is 2. The minimum Gasteiger partial charge on any atom is -0.504 e. The number of aromatic nitrogens is 3. The Morgan fingerprint density at radius 3 is 2.45 bits per heavy atom. The zero-order valence-electron chi connectivity index (χ0n) is 21.2. The van der Waals surface area contributed by atoms with Crippen molar-refractivity contribution >= 4 is 11.6 Å². The molecule has 0 unspecified atom stereocenters. The number of methoxy groups -OCH3 is 1. The van der Waals surface area contributed by atoms with E-state index in [1.54, 1.807) is 62.4 Å². The van der Waals surface area contributed by atoms with E-state index in [1.165, 1.54) is 22.5 Å². The Hall–Kier alpha value is -4.40. The maximum absolute atomic E-state index is 13.8. The lowest BCUT2D eigenvalue weighted by Crippen LogP contribution is -2.54. The molecule has 2 aliphatic carbocycles. The van der Waals surface area contributed by atoms with E-state index < -0.39 is 34.7 Å². The molecule has 1 N–H and O–H groups in total. The standard InChI is InChI=1S/C29H27N3O6/c1-16-13-22(33)20-15-21-19(25(29(20,2)26(16)35)17-9-10-24(38-3)23(34)14-17)11-12-30-27(36)31(28(37)32(21)30)18-7-5-4-6-8-18/h4-11,13-14,20-21,25,34H,12,15H2,1-3H3/t20-,21+,25-,29+/m0/s1. The van der Waals surface area contributed by atoms with Crippen LogP contribution in [0.2, 0.25) is 0 Å². The molecule has 1 aromatic heterocycles. The van der Waals surface area contributed by atoms with Crippen molar-refractivity contribution in [1.82, 2.24) is 13.9 Å². The Morgan fingerprint density at radius 2 is 1.76 bits per heavy atom. The molecule has 9 nitrogen and oxygen atoms in total. The number of benzene rings is 2. The molecule has 0 saturated heterocycles. The highest BCUT2D eigenvalue weighted by molar-refractivity contribution is 6.13. The van der Waals surface area contributed by atoms with Crippen LogP contribution >= 0.6 is 0 Å². The Labute approximate surface area is 217 Å². The number of fused-ring (bicyclic) bond motifs is 4. The van der Waals surface area contributed by atoms with Gasteiger partial charge >= 0.3 is 11.4 Å². The Bertz CT molecular complexity index is 1690. The number of carbonyl (C=O) groups excluding carboxylic acids is 2. The van der Waals surface area contributed by atoms with Crippen molar-refractivity contribution in [2.24, 2.45) is 11.3 Å². The van der Waals surface area contributed by atoms with Crippen molar-refractivity contribution < 1.29 is 19.4 Å². The summed E-state index contributed by atoms with van der Waals surface area (Å²) < 4.78 is 9.18. The topological polar surface area (TPSA) is 113 Å². The molecule has 3 aliphatic rings. The fourth-order valence-electron chi connectivity index (χ4n) is 6.72. The first-order valence-corrected chi connectivity index (χ1v) is 12.5. The number of ether oxygens (including phenoxy) is 1. The average molecular weight is 514 g/mol. The molecule has 9 heteroatoms. The molecule has 6 rings (SSSR count). The van der Waals surface area contributed by atoms with Crippen LogP contribution in [0, 0.1) is 11.3 Å². The smallest absolute Gasteiger partial charge is 0.352 e. The van der Waals surface area contributed by atoms with Gasteiger partial charge in [0.05, 0.1) is 30.8 Å². The minimum absolute atomic E-state index is 0.0881. The third kappa shape index (κ3) is 3.11. The molecule has 0 bridgehead atoms. The van der Waals surface area contributed by atoms with Gasteiger partial charge in [-0.2, -0.15) is 0 Å². The molecule has 0 spiro atoms. The van der Waals surface area contributed by atoms with Crippen molar-refractivity contribution in [2.75, 3.05) is 7.11 Å². The summed E-state index contributed by atoms with van der Waals surface area (Å²) in [6.45, 7) is 3.58. The number of aromatic hydroxyl groups is 1. The van der Waals surface area contributed by atoms with Crippen LogP contribution in [0.5, 0.6) is 11.5 Å². The van der Waals surface area contributed by atoms with E-state index in [1.807, 2.05) is 6.08 Å². The highest BCUT2D eigenvalue weighted by atomic mass is 16.5. The molecule has 0 radical (unpaired) electrons. The van der Waals surface area contributed by atoms with Gasteiger partial charge in [-0.1, -0.05) is 37.3 Å². The van der Waals surface area contributed by atoms with Crippen LogP contribution in [-0.4, -0.2) is 37.7 Å². The number of phenolic OH excluding ortho intramolecular Hbond substituents is 1. The first kappa shape index (κ1) is 24.0.